The van der Waals surface area contributed by atoms with Crippen molar-refractivity contribution in [3.8, 4) is 0 Å². The second-order valence-corrected chi connectivity index (χ2v) is 4.54. The lowest BCUT2D eigenvalue weighted by atomic mass is 10.3. The van der Waals surface area contributed by atoms with Gasteiger partial charge in [-0.1, -0.05) is 0 Å². The summed E-state index contributed by atoms with van der Waals surface area (Å²) in [6.07, 6.45) is 0.875. The molecule has 0 bridgehead atoms. The third kappa shape index (κ3) is 2.21. The summed E-state index contributed by atoms with van der Waals surface area (Å²) in [6.45, 7) is 4.52. The molecule has 0 N–H and O–H groups in total. The fourth-order valence-corrected chi connectivity index (χ4v) is 2.51. The summed E-state index contributed by atoms with van der Waals surface area (Å²) in [5, 5.41) is 2.65. The number of Topliss-reactive ketones (excluding diaryl/α,β-unsaturated/α-hetero) is 1. The van der Waals surface area contributed by atoms with Crippen LogP contribution in [0.2, 0.25) is 0 Å². The predicted octanol–water partition coefficient (Wildman–Crippen LogP) is 0.624. The SMILES string of the molecule is CC(=O)c1csc(N2CCN(C=O)CC2)n1. The molecule has 2 rings (SSSR count). The van der Waals surface area contributed by atoms with E-state index in [4.69, 9.17) is 0 Å². The van der Waals surface area contributed by atoms with Crippen molar-refractivity contribution in [3.63, 3.8) is 0 Å². The number of anilines is 1. The van der Waals surface area contributed by atoms with E-state index in [0.717, 1.165) is 37.7 Å². The summed E-state index contributed by atoms with van der Waals surface area (Å²) in [5.41, 5.74) is 0.526. The molecule has 1 aliphatic rings. The molecule has 0 aromatic carbocycles. The molecule has 86 valence electrons. The minimum atomic E-state index is -0.00553. The molecule has 0 saturated carbocycles. The lowest BCUT2D eigenvalue weighted by molar-refractivity contribution is -0.118. The maximum absolute atomic E-state index is 11.1. The number of ketones is 1. The summed E-state index contributed by atoms with van der Waals surface area (Å²) in [5.74, 6) is -0.00553. The summed E-state index contributed by atoms with van der Waals surface area (Å²) < 4.78 is 0. The van der Waals surface area contributed by atoms with Gasteiger partial charge in [0.1, 0.15) is 5.69 Å². The van der Waals surface area contributed by atoms with Crippen molar-refractivity contribution in [1.82, 2.24) is 9.88 Å². The number of hydrogen-bond donors (Lipinski definition) is 0. The number of carbonyl (C=O) groups is 2. The quantitative estimate of drug-likeness (QED) is 0.573. The molecule has 6 heteroatoms. The second kappa shape index (κ2) is 4.61. The first-order valence-corrected chi connectivity index (χ1v) is 5.99. The van der Waals surface area contributed by atoms with Gasteiger partial charge in [0.05, 0.1) is 0 Å². The van der Waals surface area contributed by atoms with Gasteiger partial charge in [-0.3, -0.25) is 9.59 Å². The summed E-state index contributed by atoms with van der Waals surface area (Å²) in [7, 11) is 0. The van der Waals surface area contributed by atoms with E-state index < -0.39 is 0 Å². The van der Waals surface area contributed by atoms with Gasteiger partial charge in [-0.15, -0.1) is 11.3 Å². The Kier molecular flexibility index (Phi) is 3.19. The zero-order valence-electron chi connectivity index (χ0n) is 9.05. The van der Waals surface area contributed by atoms with Gasteiger partial charge in [0.2, 0.25) is 6.41 Å². The first-order chi connectivity index (χ1) is 7.70. The molecule has 1 fully saturated rings. The molecule has 2 heterocycles. The van der Waals surface area contributed by atoms with Crippen molar-refractivity contribution >= 4 is 28.7 Å². The largest absolute Gasteiger partial charge is 0.345 e. The molecule has 1 amide bonds. The molecular weight excluding hydrogens is 226 g/mol. The highest BCUT2D eigenvalue weighted by atomic mass is 32.1. The van der Waals surface area contributed by atoms with Crippen molar-refractivity contribution in [2.45, 2.75) is 6.92 Å². The van der Waals surface area contributed by atoms with Crippen molar-refractivity contribution in [2.24, 2.45) is 0 Å². The Morgan fingerprint density at radius 3 is 2.62 bits per heavy atom. The normalized spacial score (nSPS) is 16.3. The highest BCUT2D eigenvalue weighted by molar-refractivity contribution is 7.13. The van der Waals surface area contributed by atoms with Crippen LogP contribution in [0.25, 0.3) is 0 Å². The number of carbonyl (C=O) groups excluding carboxylic acids is 2. The molecule has 1 aliphatic heterocycles. The molecule has 0 unspecified atom stereocenters. The topological polar surface area (TPSA) is 53.5 Å². The number of rotatable bonds is 3. The molecule has 1 aromatic rings. The fourth-order valence-electron chi connectivity index (χ4n) is 1.59. The van der Waals surface area contributed by atoms with E-state index in [9.17, 15) is 9.59 Å². The van der Waals surface area contributed by atoms with Gasteiger partial charge in [-0.25, -0.2) is 4.98 Å². The van der Waals surface area contributed by atoms with Crippen LogP contribution < -0.4 is 4.90 Å². The fraction of sp³-hybridized carbons (Fsp3) is 0.500. The second-order valence-electron chi connectivity index (χ2n) is 3.70. The van der Waals surface area contributed by atoms with Crippen molar-refractivity contribution in [1.29, 1.82) is 0 Å². The summed E-state index contributed by atoms with van der Waals surface area (Å²) in [4.78, 5) is 29.8. The van der Waals surface area contributed by atoms with E-state index in [1.165, 1.54) is 18.3 Å². The van der Waals surface area contributed by atoms with Crippen molar-refractivity contribution < 1.29 is 9.59 Å². The Bertz CT molecular complexity index is 397. The monoisotopic (exact) mass is 239 g/mol. The van der Waals surface area contributed by atoms with E-state index >= 15 is 0 Å². The zero-order valence-corrected chi connectivity index (χ0v) is 9.87. The predicted molar refractivity (Wildman–Crippen MR) is 62.0 cm³/mol. The van der Waals surface area contributed by atoms with Gasteiger partial charge in [0.25, 0.3) is 0 Å². The van der Waals surface area contributed by atoms with Crippen LogP contribution in [0.3, 0.4) is 0 Å². The smallest absolute Gasteiger partial charge is 0.209 e. The number of hydrogen-bond acceptors (Lipinski definition) is 5. The minimum Gasteiger partial charge on any atom is -0.345 e. The van der Waals surface area contributed by atoms with E-state index in [1.54, 1.807) is 10.3 Å². The first kappa shape index (κ1) is 11.1. The molecule has 0 radical (unpaired) electrons. The van der Waals surface area contributed by atoms with E-state index in [1.807, 2.05) is 0 Å². The zero-order chi connectivity index (χ0) is 11.5. The maximum Gasteiger partial charge on any atom is 0.209 e. The standard InChI is InChI=1S/C10H13N3O2S/c1-8(15)9-6-16-10(11-9)13-4-2-12(7-14)3-5-13/h6-7H,2-5H2,1H3. The van der Waals surface area contributed by atoms with Crippen molar-refractivity contribution in [3.05, 3.63) is 11.1 Å². The Labute approximate surface area is 97.7 Å². The van der Waals surface area contributed by atoms with E-state index in [0.29, 0.717) is 5.69 Å². The van der Waals surface area contributed by atoms with Gasteiger partial charge < -0.3 is 9.80 Å². The number of thiazole rings is 1. The molecule has 0 spiro atoms. The van der Waals surface area contributed by atoms with Crippen LogP contribution in [0.1, 0.15) is 17.4 Å². The number of nitrogens with zero attached hydrogens (tertiary/aromatic N) is 3. The van der Waals surface area contributed by atoms with Crippen LogP contribution in [0, 0.1) is 0 Å². The molecule has 0 atom stereocenters. The van der Waals surface area contributed by atoms with Gasteiger partial charge in [0, 0.05) is 38.5 Å². The van der Waals surface area contributed by atoms with Crippen LogP contribution >= 0.6 is 11.3 Å². The van der Waals surface area contributed by atoms with Crippen molar-refractivity contribution in [2.75, 3.05) is 31.1 Å². The van der Waals surface area contributed by atoms with E-state index in [-0.39, 0.29) is 5.78 Å². The van der Waals surface area contributed by atoms with Crippen LogP contribution in [-0.2, 0) is 4.79 Å². The third-order valence-electron chi connectivity index (χ3n) is 2.59. The van der Waals surface area contributed by atoms with Crippen LogP contribution in [0.4, 0.5) is 5.13 Å². The van der Waals surface area contributed by atoms with Crippen LogP contribution in [-0.4, -0.2) is 48.3 Å². The average Bonchev–Trinajstić information content (AvgIpc) is 2.78. The molecule has 1 saturated heterocycles. The molecule has 1 aromatic heterocycles. The molecule has 0 aliphatic carbocycles. The number of aromatic nitrogens is 1. The van der Waals surface area contributed by atoms with E-state index in [2.05, 4.69) is 9.88 Å². The summed E-state index contributed by atoms with van der Waals surface area (Å²) in [6, 6.07) is 0. The Balaban J connectivity index is 2.02. The Morgan fingerprint density at radius 2 is 2.12 bits per heavy atom. The summed E-state index contributed by atoms with van der Waals surface area (Å²) >= 11 is 1.48. The lowest BCUT2D eigenvalue weighted by Crippen LogP contribution is -2.45. The maximum atomic E-state index is 11.1. The van der Waals surface area contributed by atoms with Gasteiger partial charge in [0.15, 0.2) is 10.9 Å². The average molecular weight is 239 g/mol. The van der Waals surface area contributed by atoms with Crippen LogP contribution in [0.5, 0.6) is 0 Å². The molecule has 16 heavy (non-hydrogen) atoms. The Hall–Kier alpha value is -1.43. The van der Waals surface area contributed by atoms with Gasteiger partial charge >= 0.3 is 0 Å². The first-order valence-electron chi connectivity index (χ1n) is 5.11. The third-order valence-corrected chi connectivity index (χ3v) is 3.49. The molecular formula is C10H13N3O2S. The number of amides is 1. The minimum absolute atomic E-state index is 0.00553. The van der Waals surface area contributed by atoms with Gasteiger partial charge in [-0.2, -0.15) is 0 Å². The van der Waals surface area contributed by atoms with Gasteiger partial charge in [-0.05, 0) is 0 Å². The Morgan fingerprint density at radius 1 is 1.44 bits per heavy atom. The van der Waals surface area contributed by atoms with Crippen LogP contribution in [0.15, 0.2) is 5.38 Å². The highest BCUT2D eigenvalue weighted by Gasteiger charge is 2.18. The lowest BCUT2D eigenvalue weighted by Gasteiger charge is -2.32. The molecule has 5 nitrogen and oxygen atoms in total. The number of piperazine rings is 1. The highest BCUT2D eigenvalue weighted by Crippen LogP contribution is 2.21.